The van der Waals surface area contributed by atoms with Crippen LogP contribution in [-0.2, 0) is 10.1 Å². The zero-order valence-electron chi connectivity index (χ0n) is 17.4. The molecule has 0 bridgehead atoms. The summed E-state index contributed by atoms with van der Waals surface area (Å²) < 4.78 is 36.3. The summed E-state index contributed by atoms with van der Waals surface area (Å²) in [6, 6.07) is 39.4. The molecule has 0 heterocycles. The molecule has 1 N–H and O–H groups in total. The van der Waals surface area contributed by atoms with Crippen molar-refractivity contribution in [2.75, 3.05) is 6.16 Å². The Balaban J connectivity index is 1.84. The minimum absolute atomic E-state index is 0.345. The van der Waals surface area contributed by atoms with Gasteiger partial charge in [-0.3, -0.25) is 4.55 Å². The van der Waals surface area contributed by atoms with Gasteiger partial charge in [0.15, 0.2) is 0 Å². The molecule has 32 heavy (non-hydrogen) atoms. The average Bonchev–Trinajstić information content (AvgIpc) is 2.83. The Morgan fingerprint density at radius 3 is 1.19 bits per heavy atom. The summed E-state index contributed by atoms with van der Waals surface area (Å²) in [5, 5.41) is 4.07. The summed E-state index contributed by atoms with van der Waals surface area (Å²) in [5.41, 5.74) is 0. The molecular formula is C26H24O3P2S. The van der Waals surface area contributed by atoms with Gasteiger partial charge in [0.1, 0.15) is 4.99 Å². The van der Waals surface area contributed by atoms with E-state index in [0.29, 0.717) is 6.16 Å². The molecule has 0 saturated carbocycles. The summed E-state index contributed by atoms with van der Waals surface area (Å²) >= 11 is 0. The van der Waals surface area contributed by atoms with E-state index < -0.39 is 31.0 Å². The lowest BCUT2D eigenvalue weighted by Crippen LogP contribution is -2.33. The number of rotatable bonds is 8. The summed E-state index contributed by atoms with van der Waals surface area (Å²) in [4.78, 5) is -0.922. The number of hydrogen-bond acceptors (Lipinski definition) is 2. The molecule has 4 aromatic carbocycles. The van der Waals surface area contributed by atoms with Crippen molar-refractivity contribution in [1.29, 1.82) is 0 Å². The van der Waals surface area contributed by atoms with Gasteiger partial charge in [-0.25, -0.2) is 0 Å². The molecule has 0 spiro atoms. The fourth-order valence-corrected chi connectivity index (χ4v) is 11.9. The average molecular weight is 478 g/mol. The molecule has 1 unspecified atom stereocenters. The van der Waals surface area contributed by atoms with Gasteiger partial charge in [0.2, 0.25) is 0 Å². The monoisotopic (exact) mass is 478 g/mol. The maximum Gasteiger partial charge on any atom is 0.272 e. The Morgan fingerprint density at radius 1 is 0.562 bits per heavy atom. The van der Waals surface area contributed by atoms with Crippen LogP contribution in [0.15, 0.2) is 121 Å². The molecular weight excluding hydrogens is 454 g/mol. The molecule has 0 aliphatic heterocycles. The third-order valence-electron chi connectivity index (χ3n) is 5.18. The van der Waals surface area contributed by atoms with Crippen LogP contribution in [0, 0.1) is 0 Å². The van der Waals surface area contributed by atoms with Crippen LogP contribution in [0.3, 0.4) is 0 Å². The molecule has 0 saturated heterocycles. The first kappa shape index (κ1) is 22.8. The first-order valence-corrected chi connectivity index (χ1v) is 14.7. The van der Waals surface area contributed by atoms with Crippen LogP contribution in [-0.4, -0.2) is 24.1 Å². The highest BCUT2D eigenvalue weighted by molar-refractivity contribution is 7.98. The molecule has 4 rings (SSSR count). The van der Waals surface area contributed by atoms with E-state index in [4.69, 9.17) is 0 Å². The van der Waals surface area contributed by atoms with E-state index in [2.05, 4.69) is 0 Å². The molecule has 0 fully saturated rings. The van der Waals surface area contributed by atoms with Crippen LogP contribution in [0.5, 0.6) is 0 Å². The zero-order chi connectivity index (χ0) is 22.4. The number of benzene rings is 4. The Kier molecular flexibility index (Phi) is 7.50. The topological polar surface area (TPSA) is 54.4 Å². The second-order valence-electron chi connectivity index (χ2n) is 7.29. The van der Waals surface area contributed by atoms with Crippen LogP contribution in [0.4, 0.5) is 0 Å². The SMILES string of the molecule is O=S(=O)(O)C(CP(c1ccccc1)c1ccccc1)P(c1ccccc1)c1ccccc1. The summed E-state index contributed by atoms with van der Waals surface area (Å²) in [6.45, 7) is 0. The largest absolute Gasteiger partial charge is 0.285 e. The maximum atomic E-state index is 12.9. The lowest BCUT2D eigenvalue weighted by molar-refractivity contribution is 0.482. The normalized spacial score (nSPS) is 12.7. The Bertz CT molecular complexity index is 1140. The predicted octanol–water partition coefficient (Wildman–Crippen LogP) is 4.47. The highest BCUT2D eigenvalue weighted by Crippen LogP contribution is 2.48. The Labute approximate surface area is 192 Å². The van der Waals surface area contributed by atoms with Crippen LogP contribution < -0.4 is 21.2 Å². The molecule has 0 aromatic heterocycles. The van der Waals surface area contributed by atoms with Crippen molar-refractivity contribution < 1.29 is 13.0 Å². The van der Waals surface area contributed by atoms with Gasteiger partial charge in [-0.1, -0.05) is 121 Å². The third-order valence-corrected chi connectivity index (χ3v) is 13.0. The third kappa shape index (κ3) is 5.52. The lowest BCUT2D eigenvalue weighted by atomic mass is 10.4. The van der Waals surface area contributed by atoms with Crippen LogP contribution >= 0.6 is 15.8 Å². The fourth-order valence-electron chi connectivity index (χ4n) is 3.70. The molecule has 0 radical (unpaired) electrons. The second-order valence-corrected chi connectivity index (χ2v) is 13.9. The van der Waals surface area contributed by atoms with E-state index in [1.807, 2.05) is 121 Å². The lowest BCUT2D eigenvalue weighted by Gasteiger charge is -2.30. The van der Waals surface area contributed by atoms with Crippen molar-refractivity contribution >= 4 is 47.2 Å². The molecule has 162 valence electrons. The summed E-state index contributed by atoms with van der Waals surface area (Å²) in [5.74, 6) is 0. The minimum atomic E-state index is -4.33. The van der Waals surface area contributed by atoms with Crippen molar-refractivity contribution in [2.24, 2.45) is 0 Å². The van der Waals surface area contributed by atoms with E-state index in [0.717, 1.165) is 21.2 Å². The van der Waals surface area contributed by atoms with Crippen LogP contribution in [0.1, 0.15) is 0 Å². The van der Waals surface area contributed by atoms with Gasteiger partial charge in [-0.2, -0.15) is 8.42 Å². The molecule has 4 aromatic rings. The van der Waals surface area contributed by atoms with Gasteiger partial charge in [0, 0.05) is 0 Å². The van der Waals surface area contributed by atoms with Crippen LogP contribution in [0.2, 0.25) is 0 Å². The van der Waals surface area contributed by atoms with Crippen molar-refractivity contribution in [3.05, 3.63) is 121 Å². The highest BCUT2D eigenvalue weighted by atomic mass is 32.2. The molecule has 0 amide bonds. The predicted molar refractivity (Wildman–Crippen MR) is 138 cm³/mol. The van der Waals surface area contributed by atoms with Gasteiger partial charge in [0.05, 0.1) is 0 Å². The maximum absolute atomic E-state index is 12.9. The van der Waals surface area contributed by atoms with E-state index in [1.54, 1.807) is 0 Å². The van der Waals surface area contributed by atoms with Gasteiger partial charge >= 0.3 is 0 Å². The number of hydrogen-bond donors (Lipinski definition) is 1. The molecule has 1 atom stereocenters. The standard InChI is InChI=1S/C26H24O3P2S/c27-32(28,29)26(31(24-17-9-3-10-18-24)25-19-11-4-12-20-25)21-30(22-13-5-1-6-14-22)23-15-7-2-8-16-23/h1-20,26H,21H2,(H,27,28,29). The Hall–Kier alpha value is -2.35. The van der Waals surface area contributed by atoms with Crippen LogP contribution in [0.25, 0.3) is 0 Å². The van der Waals surface area contributed by atoms with Gasteiger partial charge in [-0.15, -0.1) is 0 Å². The van der Waals surface area contributed by atoms with E-state index in [-0.39, 0.29) is 0 Å². The fraction of sp³-hybridized carbons (Fsp3) is 0.0769. The quantitative estimate of drug-likeness (QED) is 0.301. The van der Waals surface area contributed by atoms with Crippen molar-refractivity contribution in [3.8, 4) is 0 Å². The van der Waals surface area contributed by atoms with Gasteiger partial charge in [-0.05, 0) is 43.2 Å². The molecule has 6 heteroatoms. The first-order valence-electron chi connectivity index (χ1n) is 10.3. The molecule has 3 nitrogen and oxygen atoms in total. The first-order chi connectivity index (χ1) is 15.5. The molecule has 0 aliphatic carbocycles. The zero-order valence-corrected chi connectivity index (χ0v) is 20.0. The van der Waals surface area contributed by atoms with E-state index in [9.17, 15) is 13.0 Å². The van der Waals surface area contributed by atoms with Crippen molar-refractivity contribution in [3.63, 3.8) is 0 Å². The second kappa shape index (κ2) is 10.5. The smallest absolute Gasteiger partial charge is 0.272 e. The summed E-state index contributed by atoms with van der Waals surface area (Å²) in [6.07, 6.45) is 0.345. The van der Waals surface area contributed by atoms with Gasteiger partial charge in [0.25, 0.3) is 10.1 Å². The van der Waals surface area contributed by atoms with Crippen molar-refractivity contribution in [2.45, 2.75) is 4.99 Å². The minimum Gasteiger partial charge on any atom is -0.285 e. The van der Waals surface area contributed by atoms with Gasteiger partial charge < -0.3 is 0 Å². The van der Waals surface area contributed by atoms with E-state index >= 15 is 0 Å². The Morgan fingerprint density at radius 2 is 0.875 bits per heavy atom. The molecule has 0 aliphatic rings. The highest BCUT2D eigenvalue weighted by Gasteiger charge is 2.37. The van der Waals surface area contributed by atoms with Crippen molar-refractivity contribution in [1.82, 2.24) is 0 Å². The summed E-state index contributed by atoms with van der Waals surface area (Å²) in [7, 11) is -6.65. The van der Waals surface area contributed by atoms with E-state index in [1.165, 1.54) is 0 Å².